The topological polar surface area (TPSA) is 64.1 Å². The molecular formula is C14H23N3O2. The van der Waals surface area contributed by atoms with Gasteiger partial charge in [0, 0.05) is 19.2 Å². The minimum Gasteiger partial charge on any atom is -0.466 e. The van der Waals surface area contributed by atoms with Crippen molar-refractivity contribution in [3.63, 3.8) is 0 Å². The Labute approximate surface area is 114 Å². The van der Waals surface area contributed by atoms with Crippen molar-refractivity contribution in [2.75, 3.05) is 13.2 Å². The highest BCUT2D eigenvalue weighted by Gasteiger charge is 2.00. The highest BCUT2D eigenvalue weighted by atomic mass is 16.5. The molecule has 0 aromatic carbocycles. The van der Waals surface area contributed by atoms with Crippen LogP contribution in [0.1, 0.15) is 44.1 Å². The number of ether oxygens (including phenoxy) is 1. The maximum Gasteiger partial charge on any atom is 0.305 e. The van der Waals surface area contributed by atoms with Gasteiger partial charge in [-0.2, -0.15) is 0 Å². The van der Waals surface area contributed by atoms with E-state index in [1.807, 2.05) is 19.9 Å². The molecule has 0 amide bonds. The standard InChI is InChI=1S/C14H23N3O2/c1-3-19-14(18)7-5-4-6-9-15-11-13-8-10-16-12(2)17-13/h8,10,15H,3-7,9,11H2,1-2H3. The van der Waals surface area contributed by atoms with Crippen LogP contribution < -0.4 is 5.32 Å². The largest absolute Gasteiger partial charge is 0.466 e. The van der Waals surface area contributed by atoms with Gasteiger partial charge in [-0.05, 0) is 39.3 Å². The van der Waals surface area contributed by atoms with Crippen LogP contribution in [0.5, 0.6) is 0 Å². The molecule has 0 spiro atoms. The SMILES string of the molecule is CCOC(=O)CCCCCNCc1ccnc(C)n1. The van der Waals surface area contributed by atoms with Crippen LogP contribution in [0.25, 0.3) is 0 Å². The predicted octanol–water partition coefficient (Wildman–Crippen LogP) is 2.00. The molecule has 0 unspecified atom stereocenters. The van der Waals surface area contributed by atoms with Gasteiger partial charge < -0.3 is 10.1 Å². The van der Waals surface area contributed by atoms with Crippen LogP contribution in [0.15, 0.2) is 12.3 Å². The first-order valence-corrected chi connectivity index (χ1v) is 6.87. The Morgan fingerprint density at radius 2 is 2.21 bits per heavy atom. The van der Waals surface area contributed by atoms with Crippen LogP contribution in [0.2, 0.25) is 0 Å². The quantitative estimate of drug-likeness (QED) is 0.546. The molecular weight excluding hydrogens is 242 g/mol. The van der Waals surface area contributed by atoms with E-state index >= 15 is 0 Å². The van der Waals surface area contributed by atoms with E-state index in [0.717, 1.165) is 43.9 Å². The Morgan fingerprint density at radius 3 is 2.95 bits per heavy atom. The first-order valence-electron chi connectivity index (χ1n) is 6.87. The van der Waals surface area contributed by atoms with E-state index in [-0.39, 0.29) is 5.97 Å². The summed E-state index contributed by atoms with van der Waals surface area (Å²) in [6.45, 7) is 5.89. The first kappa shape index (κ1) is 15.6. The minimum absolute atomic E-state index is 0.0908. The number of carbonyl (C=O) groups excluding carboxylic acids is 1. The van der Waals surface area contributed by atoms with E-state index in [9.17, 15) is 4.79 Å². The lowest BCUT2D eigenvalue weighted by molar-refractivity contribution is -0.143. The Kier molecular flexibility index (Phi) is 7.74. The molecule has 5 heteroatoms. The molecule has 5 nitrogen and oxygen atoms in total. The van der Waals surface area contributed by atoms with Gasteiger partial charge >= 0.3 is 5.97 Å². The lowest BCUT2D eigenvalue weighted by Gasteiger charge is -2.05. The third kappa shape index (κ3) is 7.51. The molecule has 1 aromatic rings. The van der Waals surface area contributed by atoms with E-state index in [1.54, 1.807) is 6.20 Å². The molecule has 1 heterocycles. The summed E-state index contributed by atoms with van der Waals surface area (Å²) in [6, 6.07) is 1.92. The molecule has 0 bridgehead atoms. The summed E-state index contributed by atoms with van der Waals surface area (Å²) >= 11 is 0. The van der Waals surface area contributed by atoms with Crippen LogP contribution in [0.3, 0.4) is 0 Å². The molecule has 0 aliphatic rings. The number of hydrogen-bond donors (Lipinski definition) is 1. The second-order valence-electron chi connectivity index (χ2n) is 4.39. The maximum atomic E-state index is 11.1. The van der Waals surface area contributed by atoms with Gasteiger partial charge in [0.05, 0.1) is 12.3 Å². The summed E-state index contributed by atoms with van der Waals surface area (Å²) in [5, 5.41) is 3.34. The summed E-state index contributed by atoms with van der Waals surface area (Å²) in [5.41, 5.74) is 1.01. The lowest BCUT2D eigenvalue weighted by Crippen LogP contribution is -2.16. The smallest absolute Gasteiger partial charge is 0.305 e. The fourth-order valence-corrected chi connectivity index (χ4v) is 1.75. The number of aryl methyl sites for hydroxylation is 1. The van der Waals surface area contributed by atoms with Crippen LogP contribution in [0, 0.1) is 6.92 Å². The molecule has 19 heavy (non-hydrogen) atoms. The molecule has 106 valence electrons. The number of unbranched alkanes of at least 4 members (excludes halogenated alkanes) is 2. The van der Waals surface area contributed by atoms with Crippen molar-refractivity contribution in [2.24, 2.45) is 0 Å². The van der Waals surface area contributed by atoms with Crippen LogP contribution in [-0.2, 0) is 16.1 Å². The molecule has 1 aromatic heterocycles. The van der Waals surface area contributed by atoms with Crippen molar-refractivity contribution in [1.82, 2.24) is 15.3 Å². The van der Waals surface area contributed by atoms with Gasteiger partial charge in [0.15, 0.2) is 0 Å². The summed E-state index contributed by atoms with van der Waals surface area (Å²) in [5.74, 6) is 0.709. The molecule has 0 saturated heterocycles. The van der Waals surface area contributed by atoms with E-state index < -0.39 is 0 Å². The maximum absolute atomic E-state index is 11.1. The highest BCUT2D eigenvalue weighted by molar-refractivity contribution is 5.69. The summed E-state index contributed by atoms with van der Waals surface area (Å²) in [6.07, 6.45) is 5.29. The van der Waals surface area contributed by atoms with E-state index in [1.165, 1.54) is 0 Å². The van der Waals surface area contributed by atoms with Gasteiger partial charge in [0.1, 0.15) is 5.82 Å². The fraction of sp³-hybridized carbons (Fsp3) is 0.643. The van der Waals surface area contributed by atoms with Gasteiger partial charge in [-0.15, -0.1) is 0 Å². The van der Waals surface area contributed by atoms with Crippen LogP contribution in [-0.4, -0.2) is 29.1 Å². The number of carbonyl (C=O) groups is 1. The number of nitrogens with zero attached hydrogens (tertiary/aromatic N) is 2. The van der Waals surface area contributed by atoms with E-state index in [0.29, 0.717) is 13.0 Å². The van der Waals surface area contributed by atoms with Crippen molar-refractivity contribution in [3.8, 4) is 0 Å². The van der Waals surface area contributed by atoms with Crippen LogP contribution >= 0.6 is 0 Å². The number of aromatic nitrogens is 2. The Bertz CT molecular complexity index is 383. The van der Waals surface area contributed by atoms with Gasteiger partial charge in [0.2, 0.25) is 0 Å². The summed E-state index contributed by atoms with van der Waals surface area (Å²) < 4.78 is 4.87. The zero-order chi connectivity index (χ0) is 13.9. The van der Waals surface area contributed by atoms with Gasteiger partial charge in [-0.1, -0.05) is 6.42 Å². The van der Waals surface area contributed by atoms with E-state index in [4.69, 9.17) is 4.74 Å². The summed E-state index contributed by atoms with van der Waals surface area (Å²) in [4.78, 5) is 19.5. The normalized spacial score (nSPS) is 10.4. The molecule has 0 saturated carbocycles. The fourth-order valence-electron chi connectivity index (χ4n) is 1.75. The Balaban J connectivity index is 1.98. The predicted molar refractivity (Wildman–Crippen MR) is 73.6 cm³/mol. The third-order valence-electron chi connectivity index (χ3n) is 2.68. The van der Waals surface area contributed by atoms with Crippen molar-refractivity contribution in [1.29, 1.82) is 0 Å². The average molecular weight is 265 g/mol. The monoisotopic (exact) mass is 265 g/mol. The molecule has 1 N–H and O–H groups in total. The van der Waals surface area contributed by atoms with Gasteiger partial charge in [0.25, 0.3) is 0 Å². The van der Waals surface area contributed by atoms with Crippen molar-refractivity contribution in [2.45, 2.75) is 46.1 Å². The zero-order valence-corrected chi connectivity index (χ0v) is 11.8. The van der Waals surface area contributed by atoms with E-state index in [2.05, 4.69) is 15.3 Å². The van der Waals surface area contributed by atoms with Gasteiger partial charge in [-0.3, -0.25) is 4.79 Å². The molecule has 0 aliphatic carbocycles. The second-order valence-corrected chi connectivity index (χ2v) is 4.39. The Hall–Kier alpha value is -1.49. The number of esters is 1. The minimum atomic E-state index is -0.0908. The Morgan fingerprint density at radius 1 is 1.37 bits per heavy atom. The molecule has 0 atom stereocenters. The molecule has 1 rings (SSSR count). The highest BCUT2D eigenvalue weighted by Crippen LogP contribution is 2.01. The van der Waals surface area contributed by atoms with Crippen molar-refractivity contribution in [3.05, 3.63) is 23.8 Å². The zero-order valence-electron chi connectivity index (χ0n) is 11.8. The summed E-state index contributed by atoms with van der Waals surface area (Å²) in [7, 11) is 0. The lowest BCUT2D eigenvalue weighted by atomic mass is 10.2. The van der Waals surface area contributed by atoms with Crippen LogP contribution in [0.4, 0.5) is 0 Å². The number of nitrogens with one attached hydrogen (secondary N) is 1. The first-order chi connectivity index (χ1) is 9.22. The molecule has 0 fully saturated rings. The average Bonchev–Trinajstić information content (AvgIpc) is 2.38. The van der Waals surface area contributed by atoms with Crippen molar-refractivity contribution >= 4 is 5.97 Å². The number of rotatable bonds is 9. The third-order valence-corrected chi connectivity index (χ3v) is 2.68. The number of hydrogen-bond acceptors (Lipinski definition) is 5. The second kappa shape index (κ2) is 9.44. The molecule has 0 radical (unpaired) electrons. The van der Waals surface area contributed by atoms with Crippen molar-refractivity contribution < 1.29 is 9.53 Å². The molecule has 0 aliphatic heterocycles. The van der Waals surface area contributed by atoms with Gasteiger partial charge in [-0.25, -0.2) is 9.97 Å².